The van der Waals surface area contributed by atoms with E-state index < -0.39 is 0 Å². The second kappa shape index (κ2) is 6.74. The van der Waals surface area contributed by atoms with Crippen LogP contribution in [0.1, 0.15) is 50.2 Å². The molecular formula is C17H21N7O2. The van der Waals surface area contributed by atoms with E-state index in [1.165, 1.54) is 0 Å². The fourth-order valence-corrected chi connectivity index (χ4v) is 3.14. The van der Waals surface area contributed by atoms with Crippen LogP contribution in [0.4, 0.5) is 10.5 Å². The lowest BCUT2D eigenvalue weighted by Gasteiger charge is -2.30. The maximum atomic E-state index is 12.6. The summed E-state index contributed by atoms with van der Waals surface area (Å²) in [5.41, 5.74) is 2.03. The van der Waals surface area contributed by atoms with E-state index in [9.17, 15) is 4.79 Å². The normalized spacial score (nSPS) is 15.7. The molecule has 136 valence electrons. The zero-order chi connectivity index (χ0) is 18.1. The smallest absolute Gasteiger partial charge is 0.321 e. The number of benzene rings is 1. The molecule has 1 saturated heterocycles. The molecule has 0 bridgehead atoms. The number of anilines is 1. The van der Waals surface area contributed by atoms with E-state index in [0.717, 1.165) is 24.2 Å². The second-order valence-corrected chi connectivity index (χ2v) is 6.83. The van der Waals surface area contributed by atoms with Crippen molar-refractivity contribution in [2.24, 2.45) is 0 Å². The molecule has 1 aromatic carbocycles. The Labute approximate surface area is 150 Å². The number of para-hydroxylation sites is 1. The Morgan fingerprint density at radius 2 is 2.12 bits per heavy atom. The van der Waals surface area contributed by atoms with Gasteiger partial charge in [-0.15, -0.1) is 0 Å². The van der Waals surface area contributed by atoms with E-state index in [-0.39, 0.29) is 17.9 Å². The predicted octanol–water partition coefficient (Wildman–Crippen LogP) is 2.88. The summed E-state index contributed by atoms with van der Waals surface area (Å²) in [6.45, 7) is 5.36. The molecule has 3 heterocycles. The van der Waals surface area contributed by atoms with Crippen LogP contribution in [0.15, 0.2) is 22.7 Å². The molecule has 0 saturated carbocycles. The highest BCUT2D eigenvalue weighted by molar-refractivity contribution is 5.98. The monoisotopic (exact) mass is 355 g/mol. The Hall–Kier alpha value is -2.97. The average Bonchev–Trinajstić information content (AvgIpc) is 3.32. The minimum atomic E-state index is -0.132. The maximum absolute atomic E-state index is 12.6. The van der Waals surface area contributed by atoms with Crippen molar-refractivity contribution < 1.29 is 9.32 Å². The number of nitrogens with zero attached hydrogens (tertiary/aromatic N) is 5. The van der Waals surface area contributed by atoms with Crippen LogP contribution in [-0.2, 0) is 0 Å². The molecule has 2 N–H and O–H groups in total. The van der Waals surface area contributed by atoms with Crippen molar-refractivity contribution in [2.75, 3.05) is 18.4 Å². The first-order valence-corrected chi connectivity index (χ1v) is 8.80. The number of nitrogens with one attached hydrogen (secondary N) is 2. The molecule has 26 heavy (non-hydrogen) atoms. The van der Waals surface area contributed by atoms with Gasteiger partial charge in [-0.3, -0.25) is 0 Å². The highest BCUT2D eigenvalue weighted by atomic mass is 16.5. The summed E-state index contributed by atoms with van der Waals surface area (Å²) in [6.07, 6.45) is 1.61. The minimum Gasteiger partial charge on any atom is -0.339 e. The highest BCUT2D eigenvalue weighted by Crippen LogP contribution is 2.28. The summed E-state index contributed by atoms with van der Waals surface area (Å²) in [7, 11) is 0. The minimum absolute atomic E-state index is 0.132. The third-order valence-corrected chi connectivity index (χ3v) is 4.69. The van der Waals surface area contributed by atoms with Gasteiger partial charge in [0, 0.05) is 24.9 Å². The number of hydrogen-bond donors (Lipinski definition) is 2. The molecule has 1 aliphatic rings. The number of fused-ring (bicyclic) bond motifs is 1. The summed E-state index contributed by atoms with van der Waals surface area (Å²) in [5, 5.41) is 17.7. The Morgan fingerprint density at radius 1 is 1.31 bits per heavy atom. The lowest BCUT2D eigenvalue weighted by atomic mass is 9.97. The molecule has 0 spiro atoms. The van der Waals surface area contributed by atoms with Gasteiger partial charge in [0.2, 0.25) is 5.89 Å². The number of hydrogen-bond acceptors (Lipinski definition) is 6. The zero-order valence-corrected chi connectivity index (χ0v) is 14.8. The number of aromatic nitrogens is 5. The maximum Gasteiger partial charge on any atom is 0.321 e. The molecule has 0 unspecified atom stereocenters. The van der Waals surface area contributed by atoms with Gasteiger partial charge in [-0.1, -0.05) is 25.1 Å². The Bertz CT molecular complexity index is 909. The van der Waals surface area contributed by atoms with Gasteiger partial charge >= 0.3 is 6.03 Å². The van der Waals surface area contributed by atoms with Gasteiger partial charge in [0.05, 0.1) is 5.69 Å². The molecule has 9 nitrogen and oxygen atoms in total. The first-order chi connectivity index (χ1) is 12.6. The summed E-state index contributed by atoms with van der Waals surface area (Å²) >= 11 is 0. The number of urea groups is 1. The van der Waals surface area contributed by atoms with Crippen LogP contribution in [0.3, 0.4) is 0 Å². The fourth-order valence-electron chi connectivity index (χ4n) is 3.14. The average molecular weight is 355 g/mol. The van der Waals surface area contributed by atoms with Crippen molar-refractivity contribution in [3.05, 3.63) is 29.9 Å². The van der Waals surface area contributed by atoms with Crippen molar-refractivity contribution >= 4 is 22.8 Å². The van der Waals surface area contributed by atoms with E-state index in [2.05, 4.69) is 30.9 Å². The van der Waals surface area contributed by atoms with Gasteiger partial charge in [0.1, 0.15) is 11.0 Å². The van der Waals surface area contributed by atoms with E-state index in [1.54, 1.807) is 4.90 Å². The van der Waals surface area contributed by atoms with Crippen molar-refractivity contribution in [3.8, 4) is 0 Å². The lowest BCUT2D eigenvalue weighted by molar-refractivity contribution is 0.187. The molecule has 9 heteroatoms. The standard InChI is InChI=1S/C17H21N7O2/c1-10(2)15-19-16(26-22-15)11-6-8-24(9-7-11)17(25)18-12-4-3-5-13-14(12)21-23-20-13/h3-5,10-11H,6-9H2,1-2H3,(H,18,25)(H,20,21,23). The third kappa shape index (κ3) is 3.12. The van der Waals surface area contributed by atoms with Gasteiger partial charge in [-0.05, 0) is 25.0 Å². The van der Waals surface area contributed by atoms with Crippen LogP contribution in [0.25, 0.3) is 11.0 Å². The summed E-state index contributed by atoms with van der Waals surface area (Å²) < 4.78 is 5.40. The molecule has 0 atom stereocenters. The van der Waals surface area contributed by atoms with Gasteiger partial charge in [-0.25, -0.2) is 4.79 Å². The second-order valence-electron chi connectivity index (χ2n) is 6.83. The number of H-pyrrole nitrogens is 1. The number of aromatic amines is 1. The van der Waals surface area contributed by atoms with Gasteiger partial charge in [0.15, 0.2) is 5.82 Å². The van der Waals surface area contributed by atoms with Crippen LogP contribution in [0, 0.1) is 0 Å². The van der Waals surface area contributed by atoms with Gasteiger partial charge < -0.3 is 14.7 Å². The van der Waals surface area contributed by atoms with Crippen LogP contribution in [-0.4, -0.2) is 49.6 Å². The van der Waals surface area contributed by atoms with E-state index in [0.29, 0.717) is 30.2 Å². The molecule has 2 amide bonds. The summed E-state index contributed by atoms with van der Waals surface area (Å²) in [6, 6.07) is 5.37. The molecule has 1 fully saturated rings. The number of likely N-dealkylation sites (tertiary alicyclic amines) is 1. The van der Waals surface area contributed by atoms with E-state index in [4.69, 9.17) is 4.52 Å². The Morgan fingerprint density at radius 3 is 2.85 bits per heavy atom. The zero-order valence-electron chi connectivity index (χ0n) is 14.8. The molecule has 3 aromatic rings. The number of rotatable bonds is 3. The van der Waals surface area contributed by atoms with Crippen molar-refractivity contribution in [2.45, 2.75) is 38.5 Å². The van der Waals surface area contributed by atoms with Crippen LogP contribution < -0.4 is 5.32 Å². The van der Waals surface area contributed by atoms with E-state index >= 15 is 0 Å². The molecule has 4 rings (SSSR count). The van der Waals surface area contributed by atoms with E-state index in [1.807, 2.05) is 32.0 Å². The lowest BCUT2D eigenvalue weighted by Crippen LogP contribution is -2.40. The van der Waals surface area contributed by atoms with Gasteiger partial charge in [-0.2, -0.15) is 20.4 Å². The summed E-state index contributed by atoms with van der Waals surface area (Å²) in [5.74, 6) is 1.87. The fraction of sp³-hybridized carbons (Fsp3) is 0.471. The number of piperidine rings is 1. The number of carbonyl (C=O) groups excluding carboxylic acids is 1. The third-order valence-electron chi connectivity index (χ3n) is 4.69. The molecular weight excluding hydrogens is 334 g/mol. The first-order valence-electron chi connectivity index (χ1n) is 8.80. The Balaban J connectivity index is 1.38. The number of amides is 2. The molecule has 0 radical (unpaired) electrons. The Kier molecular flexibility index (Phi) is 4.27. The summed E-state index contributed by atoms with van der Waals surface area (Å²) in [4.78, 5) is 18.9. The van der Waals surface area contributed by atoms with Crippen LogP contribution in [0.5, 0.6) is 0 Å². The SMILES string of the molecule is CC(C)c1noc(C2CCN(C(=O)Nc3cccc4n[nH]nc34)CC2)n1. The predicted molar refractivity (Wildman–Crippen MR) is 94.8 cm³/mol. The first kappa shape index (κ1) is 16.5. The molecule has 1 aliphatic heterocycles. The van der Waals surface area contributed by atoms with Crippen molar-refractivity contribution in [3.63, 3.8) is 0 Å². The van der Waals surface area contributed by atoms with Crippen LogP contribution in [0.2, 0.25) is 0 Å². The molecule has 2 aromatic heterocycles. The largest absolute Gasteiger partial charge is 0.339 e. The highest BCUT2D eigenvalue weighted by Gasteiger charge is 2.28. The number of carbonyl (C=O) groups is 1. The van der Waals surface area contributed by atoms with Crippen molar-refractivity contribution in [1.29, 1.82) is 0 Å². The van der Waals surface area contributed by atoms with Gasteiger partial charge in [0.25, 0.3) is 0 Å². The topological polar surface area (TPSA) is 113 Å². The van der Waals surface area contributed by atoms with Crippen LogP contribution >= 0.6 is 0 Å². The quantitative estimate of drug-likeness (QED) is 0.747. The van der Waals surface area contributed by atoms with Crippen molar-refractivity contribution in [1.82, 2.24) is 30.5 Å². The molecule has 0 aliphatic carbocycles.